The molecule has 0 saturated carbocycles. The highest BCUT2D eigenvalue weighted by Gasteiger charge is 2.08. The molecule has 0 aliphatic rings. The molecule has 0 spiro atoms. The summed E-state index contributed by atoms with van der Waals surface area (Å²) in [5, 5.41) is 1.02. The van der Waals surface area contributed by atoms with Crippen LogP contribution in [0, 0.1) is 0 Å². The van der Waals surface area contributed by atoms with Gasteiger partial charge in [0.15, 0.2) is 0 Å². The van der Waals surface area contributed by atoms with Gasteiger partial charge in [-0.25, -0.2) is 4.98 Å². The maximum Gasteiger partial charge on any atom is 0.138 e. The van der Waals surface area contributed by atoms with Crippen molar-refractivity contribution >= 4 is 34.2 Å². The molecule has 108 valence electrons. The number of hydrogen-bond acceptors (Lipinski definition) is 2. The highest BCUT2D eigenvalue weighted by atomic mass is 35.5. The molecule has 0 unspecified atom stereocenters. The highest BCUT2D eigenvalue weighted by molar-refractivity contribution is 6.42. The van der Waals surface area contributed by atoms with E-state index in [1.54, 1.807) is 12.1 Å². The van der Waals surface area contributed by atoms with Gasteiger partial charge in [-0.1, -0.05) is 23.2 Å². The molecule has 1 heterocycles. The first-order valence-corrected chi connectivity index (χ1v) is 7.40. The van der Waals surface area contributed by atoms with Crippen molar-refractivity contribution in [2.75, 3.05) is 0 Å². The number of nitrogens with zero attached hydrogens (tertiary/aromatic N) is 1. The number of hydrogen-bond donors (Lipinski definition) is 1. The number of benzene rings is 2. The minimum atomic E-state index is 0.159. The molecule has 3 aromatic rings. The standard InChI is InChI=1S/C16H14Cl2N2O/c1-9(2)21-11-5-3-10(4-6-11)16-19-14-7-12(17)13(18)8-15(14)20-16/h3-9H,1-2H3,(H,19,20). The Labute approximate surface area is 132 Å². The third-order valence-electron chi connectivity index (χ3n) is 3.02. The van der Waals surface area contributed by atoms with Gasteiger partial charge in [0, 0.05) is 5.56 Å². The van der Waals surface area contributed by atoms with Gasteiger partial charge in [-0.3, -0.25) is 0 Å². The Bertz CT molecular complexity index is 740. The lowest BCUT2D eigenvalue weighted by Gasteiger charge is -2.09. The summed E-state index contributed by atoms with van der Waals surface area (Å²) in [5.74, 6) is 1.62. The highest BCUT2D eigenvalue weighted by Crippen LogP contribution is 2.29. The second-order valence-electron chi connectivity index (χ2n) is 5.06. The number of aromatic amines is 1. The quantitative estimate of drug-likeness (QED) is 0.708. The molecule has 0 fully saturated rings. The number of H-pyrrole nitrogens is 1. The number of fused-ring (bicyclic) bond motifs is 1. The van der Waals surface area contributed by atoms with E-state index in [1.807, 2.05) is 38.1 Å². The molecule has 0 aliphatic carbocycles. The second kappa shape index (κ2) is 5.58. The van der Waals surface area contributed by atoms with Crippen molar-refractivity contribution in [3.63, 3.8) is 0 Å². The molecule has 2 aromatic carbocycles. The first kappa shape index (κ1) is 14.2. The maximum absolute atomic E-state index is 6.02. The predicted octanol–water partition coefficient (Wildman–Crippen LogP) is 5.32. The third-order valence-corrected chi connectivity index (χ3v) is 3.75. The Morgan fingerprint density at radius 1 is 1.05 bits per heavy atom. The summed E-state index contributed by atoms with van der Waals surface area (Å²) >= 11 is 12.0. The van der Waals surface area contributed by atoms with Gasteiger partial charge in [0.2, 0.25) is 0 Å². The zero-order chi connectivity index (χ0) is 15.0. The lowest BCUT2D eigenvalue weighted by molar-refractivity contribution is 0.242. The topological polar surface area (TPSA) is 37.9 Å². The van der Waals surface area contributed by atoms with E-state index in [2.05, 4.69) is 9.97 Å². The van der Waals surface area contributed by atoms with Crippen LogP contribution in [0.15, 0.2) is 36.4 Å². The number of aromatic nitrogens is 2. The van der Waals surface area contributed by atoms with Gasteiger partial charge in [-0.2, -0.15) is 0 Å². The van der Waals surface area contributed by atoms with Crippen molar-refractivity contribution in [1.82, 2.24) is 9.97 Å². The Balaban J connectivity index is 1.96. The minimum Gasteiger partial charge on any atom is -0.491 e. The Kier molecular flexibility index (Phi) is 3.79. The summed E-state index contributed by atoms with van der Waals surface area (Å²) in [6, 6.07) is 11.4. The lowest BCUT2D eigenvalue weighted by atomic mass is 10.2. The molecule has 3 rings (SSSR count). The van der Waals surface area contributed by atoms with Crippen LogP contribution in [0.25, 0.3) is 22.4 Å². The van der Waals surface area contributed by atoms with Gasteiger partial charge in [0.1, 0.15) is 11.6 Å². The molecule has 0 amide bonds. The van der Waals surface area contributed by atoms with Gasteiger partial charge in [-0.05, 0) is 50.2 Å². The van der Waals surface area contributed by atoms with Crippen molar-refractivity contribution in [2.24, 2.45) is 0 Å². The number of ether oxygens (including phenoxy) is 1. The van der Waals surface area contributed by atoms with Crippen LogP contribution in [0.1, 0.15) is 13.8 Å². The fourth-order valence-corrected chi connectivity index (χ4v) is 2.43. The normalized spacial score (nSPS) is 11.3. The summed E-state index contributed by atoms with van der Waals surface area (Å²) in [5.41, 5.74) is 2.64. The van der Waals surface area contributed by atoms with E-state index in [0.29, 0.717) is 10.0 Å². The Morgan fingerprint density at radius 2 is 1.71 bits per heavy atom. The number of nitrogens with one attached hydrogen (secondary N) is 1. The molecular formula is C16H14Cl2N2O. The summed E-state index contributed by atoms with van der Waals surface area (Å²) in [6.45, 7) is 4.00. The fourth-order valence-electron chi connectivity index (χ4n) is 2.11. The predicted molar refractivity (Wildman–Crippen MR) is 87.3 cm³/mol. The molecule has 3 nitrogen and oxygen atoms in total. The van der Waals surface area contributed by atoms with Gasteiger partial charge in [0.05, 0.1) is 27.2 Å². The molecule has 0 radical (unpaired) electrons. The average molecular weight is 321 g/mol. The van der Waals surface area contributed by atoms with Crippen LogP contribution in [-0.2, 0) is 0 Å². The number of halogens is 2. The first-order valence-electron chi connectivity index (χ1n) is 6.65. The van der Waals surface area contributed by atoms with Crippen LogP contribution >= 0.6 is 23.2 Å². The Hall–Kier alpha value is -1.71. The van der Waals surface area contributed by atoms with Crippen LogP contribution < -0.4 is 4.74 Å². The molecule has 0 saturated heterocycles. The largest absolute Gasteiger partial charge is 0.491 e. The summed E-state index contributed by atoms with van der Waals surface area (Å²) in [7, 11) is 0. The lowest BCUT2D eigenvalue weighted by Crippen LogP contribution is -2.05. The fraction of sp³-hybridized carbons (Fsp3) is 0.188. The van der Waals surface area contributed by atoms with Gasteiger partial charge in [-0.15, -0.1) is 0 Å². The van der Waals surface area contributed by atoms with Crippen molar-refractivity contribution in [3.8, 4) is 17.1 Å². The molecule has 5 heteroatoms. The SMILES string of the molecule is CC(C)Oc1ccc(-c2nc3cc(Cl)c(Cl)cc3[nH]2)cc1. The summed E-state index contributed by atoms with van der Waals surface area (Å²) in [4.78, 5) is 7.78. The van der Waals surface area contributed by atoms with E-state index in [0.717, 1.165) is 28.2 Å². The first-order chi connectivity index (χ1) is 10.0. The van der Waals surface area contributed by atoms with Gasteiger partial charge in [0.25, 0.3) is 0 Å². The zero-order valence-corrected chi connectivity index (χ0v) is 13.2. The maximum atomic E-state index is 6.02. The molecule has 0 atom stereocenters. The van der Waals surface area contributed by atoms with Crippen LogP contribution in [0.3, 0.4) is 0 Å². The van der Waals surface area contributed by atoms with Crippen LogP contribution in [0.4, 0.5) is 0 Å². The van der Waals surface area contributed by atoms with Crippen molar-refractivity contribution in [3.05, 3.63) is 46.4 Å². The van der Waals surface area contributed by atoms with E-state index >= 15 is 0 Å². The molecule has 0 aliphatic heterocycles. The van der Waals surface area contributed by atoms with E-state index in [4.69, 9.17) is 27.9 Å². The molecule has 1 aromatic heterocycles. The van der Waals surface area contributed by atoms with Crippen LogP contribution in [0.2, 0.25) is 10.0 Å². The van der Waals surface area contributed by atoms with E-state index in [1.165, 1.54) is 0 Å². The smallest absolute Gasteiger partial charge is 0.138 e. The molecule has 21 heavy (non-hydrogen) atoms. The van der Waals surface area contributed by atoms with Crippen LogP contribution in [-0.4, -0.2) is 16.1 Å². The summed E-state index contributed by atoms with van der Waals surface area (Å²) < 4.78 is 5.63. The zero-order valence-electron chi connectivity index (χ0n) is 11.7. The van der Waals surface area contributed by atoms with Crippen molar-refractivity contribution < 1.29 is 4.74 Å². The molecule has 1 N–H and O–H groups in total. The number of imidazole rings is 1. The second-order valence-corrected chi connectivity index (χ2v) is 5.87. The van der Waals surface area contributed by atoms with E-state index < -0.39 is 0 Å². The summed E-state index contributed by atoms with van der Waals surface area (Å²) in [6.07, 6.45) is 0.159. The van der Waals surface area contributed by atoms with Gasteiger partial charge >= 0.3 is 0 Å². The average Bonchev–Trinajstić information content (AvgIpc) is 2.82. The van der Waals surface area contributed by atoms with Crippen molar-refractivity contribution in [1.29, 1.82) is 0 Å². The van der Waals surface area contributed by atoms with E-state index in [-0.39, 0.29) is 6.10 Å². The molecule has 0 bridgehead atoms. The monoisotopic (exact) mass is 320 g/mol. The third kappa shape index (κ3) is 2.99. The van der Waals surface area contributed by atoms with E-state index in [9.17, 15) is 0 Å². The van der Waals surface area contributed by atoms with Gasteiger partial charge < -0.3 is 9.72 Å². The Morgan fingerprint density at radius 3 is 2.38 bits per heavy atom. The molecular weight excluding hydrogens is 307 g/mol. The minimum absolute atomic E-state index is 0.159. The van der Waals surface area contributed by atoms with Crippen molar-refractivity contribution in [2.45, 2.75) is 20.0 Å². The number of rotatable bonds is 3. The van der Waals surface area contributed by atoms with Crippen LogP contribution in [0.5, 0.6) is 5.75 Å².